The van der Waals surface area contributed by atoms with Gasteiger partial charge in [0, 0.05) is 55.8 Å². The molecule has 0 saturated heterocycles. The zero-order valence-corrected chi connectivity index (χ0v) is 68.9. The molecule has 0 N–H and O–H groups in total. The fraction of sp³-hybridized carbons (Fsp3) is 0.150. The first kappa shape index (κ1) is 71.7. The van der Waals surface area contributed by atoms with Gasteiger partial charge in [0.15, 0.2) is 0 Å². The number of hydrogen-bond acceptors (Lipinski definition) is 2. The zero-order valence-electron chi connectivity index (χ0n) is 68.9. The van der Waals surface area contributed by atoms with Crippen molar-refractivity contribution in [2.75, 3.05) is 9.80 Å². The SMILES string of the molecule is CC(C)(C)c1ccc(-c2ccc3c(c2)B2c4ccc(-c5cccc6c5C5(c7ccccc7-c7ccccc75)c5ccccc5-6)cc4N(c4c(-c5ccccc5)cc(C(C)(C)C)cc4-c4ccccc4)c4cc(-n5c6ccc(C(C)(C)C)cc6c6cc(C(C)(C)C)ccc65)cc(c42)N3c2c(-c3ccccc3)cccc2-c2ccccc2)cc1. The van der Waals surface area contributed by atoms with E-state index < -0.39 is 5.41 Å². The van der Waals surface area contributed by atoms with Crippen LogP contribution in [0.4, 0.5) is 34.1 Å². The third-order valence-corrected chi connectivity index (χ3v) is 26.0. The van der Waals surface area contributed by atoms with Gasteiger partial charge in [-0.3, -0.25) is 0 Å². The molecule has 0 atom stereocenters. The van der Waals surface area contributed by atoms with Crippen molar-refractivity contribution in [2.24, 2.45) is 0 Å². The van der Waals surface area contributed by atoms with Gasteiger partial charge >= 0.3 is 0 Å². The van der Waals surface area contributed by atoms with Crippen LogP contribution in [0.1, 0.15) is 128 Å². The summed E-state index contributed by atoms with van der Waals surface area (Å²) >= 11 is 0. The number of aromatic nitrogens is 1. The largest absolute Gasteiger partial charge is 0.310 e. The van der Waals surface area contributed by atoms with Crippen LogP contribution in [0.3, 0.4) is 0 Å². The van der Waals surface area contributed by atoms with Gasteiger partial charge in [0.1, 0.15) is 0 Å². The topological polar surface area (TPSA) is 11.4 Å². The monoisotopic (exact) mass is 1500 g/mol. The van der Waals surface area contributed by atoms with Gasteiger partial charge in [0.25, 0.3) is 6.71 Å². The molecule has 3 nitrogen and oxygen atoms in total. The average molecular weight is 1500 g/mol. The number of anilines is 6. The van der Waals surface area contributed by atoms with Crippen molar-refractivity contribution >= 4 is 79.0 Å². The predicted molar refractivity (Wildman–Crippen MR) is 499 cm³/mol. The molecule has 21 rings (SSSR count). The molecule has 0 amide bonds. The lowest BCUT2D eigenvalue weighted by Gasteiger charge is -2.46. The lowest BCUT2D eigenvalue weighted by molar-refractivity contribution is 0.590. The van der Waals surface area contributed by atoms with Crippen molar-refractivity contribution in [3.05, 3.63) is 396 Å². The van der Waals surface area contributed by atoms with Crippen molar-refractivity contribution in [1.82, 2.24) is 4.57 Å². The zero-order chi connectivity index (χ0) is 79.8. The van der Waals surface area contributed by atoms with Gasteiger partial charge < -0.3 is 14.4 Å². The molecule has 1 spiro atoms. The van der Waals surface area contributed by atoms with E-state index in [1.54, 1.807) is 0 Å². The molecular weight excluding hydrogens is 1410 g/mol. The van der Waals surface area contributed by atoms with Crippen LogP contribution in [0, 0.1) is 0 Å². The molecule has 3 heterocycles. The number of hydrogen-bond donors (Lipinski definition) is 0. The molecule has 0 fully saturated rings. The second kappa shape index (κ2) is 26.5. The highest BCUT2D eigenvalue weighted by Gasteiger charge is 2.53. The van der Waals surface area contributed by atoms with E-state index in [4.69, 9.17) is 0 Å². The Hall–Kier alpha value is -13.0. The van der Waals surface area contributed by atoms with E-state index in [-0.39, 0.29) is 28.4 Å². The highest BCUT2D eigenvalue weighted by atomic mass is 15.2. The Morgan fingerprint density at radius 2 is 0.624 bits per heavy atom. The molecule has 4 heteroatoms. The van der Waals surface area contributed by atoms with Crippen molar-refractivity contribution in [3.8, 4) is 94.7 Å². The van der Waals surface area contributed by atoms with E-state index in [0.717, 1.165) is 101 Å². The second-order valence-corrected chi connectivity index (χ2v) is 37.1. The Kier molecular flexibility index (Phi) is 16.3. The van der Waals surface area contributed by atoms with Crippen LogP contribution in [-0.4, -0.2) is 11.3 Å². The smallest absolute Gasteiger partial charge is 0.252 e. The minimum atomic E-state index is -0.614. The maximum atomic E-state index is 2.78. The Morgan fingerprint density at radius 1 is 0.239 bits per heavy atom. The second-order valence-electron chi connectivity index (χ2n) is 37.1. The van der Waals surface area contributed by atoms with Crippen molar-refractivity contribution in [1.29, 1.82) is 0 Å². The summed E-state index contributed by atoms with van der Waals surface area (Å²) in [5.41, 5.74) is 42.1. The molecule has 564 valence electrons. The summed E-state index contributed by atoms with van der Waals surface area (Å²) in [5, 5.41) is 2.48. The van der Waals surface area contributed by atoms with Crippen molar-refractivity contribution in [2.45, 2.75) is 110 Å². The lowest BCUT2D eigenvalue weighted by Crippen LogP contribution is -2.61. The van der Waals surface area contributed by atoms with E-state index in [0.29, 0.717) is 0 Å². The van der Waals surface area contributed by atoms with Gasteiger partial charge in [0.2, 0.25) is 0 Å². The maximum absolute atomic E-state index is 2.78. The molecule has 0 radical (unpaired) electrons. The molecule has 0 saturated carbocycles. The van der Waals surface area contributed by atoms with E-state index in [2.05, 4.69) is 449 Å². The number of benzene rings is 16. The summed E-state index contributed by atoms with van der Waals surface area (Å²) in [5.74, 6) is 0. The minimum absolute atomic E-state index is 0.0265. The van der Waals surface area contributed by atoms with E-state index in [9.17, 15) is 0 Å². The molecule has 117 heavy (non-hydrogen) atoms. The first-order valence-electron chi connectivity index (χ1n) is 41.8. The number of para-hydroxylation sites is 1. The van der Waals surface area contributed by atoms with Gasteiger partial charge in [-0.05, 0) is 210 Å². The fourth-order valence-corrected chi connectivity index (χ4v) is 20.2. The van der Waals surface area contributed by atoms with Crippen molar-refractivity contribution < 1.29 is 0 Å². The maximum Gasteiger partial charge on any atom is 0.252 e. The predicted octanol–water partition coefficient (Wildman–Crippen LogP) is 28.4. The summed E-state index contributed by atoms with van der Waals surface area (Å²) < 4.78 is 2.62. The van der Waals surface area contributed by atoms with Gasteiger partial charge in [-0.1, -0.05) is 374 Å². The molecular formula is C113H94BN3. The lowest BCUT2D eigenvalue weighted by atomic mass is 9.33. The first-order valence-corrected chi connectivity index (χ1v) is 41.8. The molecule has 17 aromatic rings. The van der Waals surface area contributed by atoms with Crippen LogP contribution in [-0.2, 0) is 27.1 Å². The summed E-state index contributed by atoms with van der Waals surface area (Å²) in [4.78, 5) is 5.50. The van der Waals surface area contributed by atoms with Gasteiger partial charge in [-0.2, -0.15) is 0 Å². The summed E-state index contributed by atoms with van der Waals surface area (Å²) in [6.07, 6.45) is 0. The van der Waals surface area contributed by atoms with Gasteiger partial charge in [-0.25, -0.2) is 0 Å². The minimum Gasteiger partial charge on any atom is -0.310 e. The third kappa shape index (κ3) is 11.2. The van der Waals surface area contributed by atoms with Crippen molar-refractivity contribution in [3.63, 3.8) is 0 Å². The molecule has 2 aliphatic carbocycles. The Morgan fingerprint density at radius 3 is 1.10 bits per heavy atom. The molecule has 0 bridgehead atoms. The van der Waals surface area contributed by atoms with Crippen LogP contribution >= 0.6 is 0 Å². The standard InChI is InChI=1S/C113H94BN3/c1-109(2,3)78-55-51-71(52-56-78)76-54-60-101-98(63-76)114-97-59-53-77(83-44-31-47-89-88-43-27-30-50-96(88)113(105(83)89)94-48-28-25-41-86(94)87-42-26-29-49-95(87)113)64-102(97)117(108-90(74-37-21-15-22-38-74)67-81(112(10,11)12)68-91(108)75-39-23-16-24-40-75)104-70-82(115-99-61-57-79(110(4,5)6)65-92(99)93-66-80(111(7,8)9)58-62-100(93)115)69-103(106(104)114)116(101)107-84(72-33-17-13-18-34-72)45-32-46-85(107)73-35-19-14-20-36-73/h13-70H,1-12H3. The highest BCUT2D eigenvalue weighted by molar-refractivity contribution is 7.00. The van der Waals surface area contributed by atoms with Gasteiger partial charge in [-0.15, -0.1) is 0 Å². The molecule has 0 unspecified atom stereocenters. The summed E-state index contributed by atoms with van der Waals surface area (Å²) in [6, 6.07) is 136. The molecule has 16 aromatic carbocycles. The number of fused-ring (bicyclic) bond motifs is 17. The Labute approximate surface area is 690 Å². The fourth-order valence-electron chi connectivity index (χ4n) is 20.2. The number of nitrogens with zero attached hydrogens (tertiary/aromatic N) is 3. The number of rotatable bonds is 9. The van der Waals surface area contributed by atoms with E-state index in [1.165, 1.54) is 111 Å². The normalized spacial score (nSPS) is 13.7. The average Bonchev–Trinajstić information content (AvgIpc) is 1.54. The first-order chi connectivity index (χ1) is 56.6. The van der Waals surface area contributed by atoms with E-state index in [1.807, 2.05) is 0 Å². The third-order valence-electron chi connectivity index (χ3n) is 26.0. The quantitative estimate of drug-likeness (QED) is 0.133. The highest BCUT2D eigenvalue weighted by Crippen LogP contribution is 2.65. The van der Waals surface area contributed by atoms with Gasteiger partial charge in [0.05, 0.1) is 33.5 Å². The van der Waals surface area contributed by atoms with Crippen LogP contribution in [0.2, 0.25) is 0 Å². The van der Waals surface area contributed by atoms with Crippen LogP contribution < -0.4 is 26.2 Å². The summed E-state index contributed by atoms with van der Waals surface area (Å²) in [7, 11) is 0. The summed E-state index contributed by atoms with van der Waals surface area (Å²) in [6.45, 7) is 27.9. The van der Waals surface area contributed by atoms with Crippen LogP contribution in [0.15, 0.2) is 352 Å². The Balaban J connectivity index is 0.961. The Bertz CT molecular complexity index is 6640. The molecule has 2 aliphatic heterocycles. The van der Waals surface area contributed by atoms with Crippen LogP contribution in [0.5, 0.6) is 0 Å². The molecule has 4 aliphatic rings. The van der Waals surface area contributed by atoms with E-state index >= 15 is 0 Å². The molecule has 1 aromatic heterocycles. The van der Waals surface area contributed by atoms with Crippen LogP contribution in [0.25, 0.3) is 117 Å².